The molecule has 0 bridgehead atoms. The van der Waals surface area contributed by atoms with Crippen molar-refractivity contribution in [3.63, 3.8) is 0 Å². The standard InChI is InChI=1S/C31H42O2S4/c1-24-22-35-30(15-9-19-34-24)17-16-28(33-21-26-10-5-4-6-11-26)14-8-18-31(36-23-25(2)37-31)27-12-7-13-29(20-27)32-3/h4-8,10-14,20,24-25,28,30H,9,15-19,21-23H2,1-3H3/b14-8+. The van der Waals surface area contributed by atoms with Crippen molar-refractivity contribution >= 4 is 47.0 Å². The fraction of sp³-hybridized carbons (Fsp3) is 0.548. The molecular weight excluding hydrogens is 533 g/mol. The van der Waals surface area contributed by atoms with Crippen molar-refractivity contribution in [1.29, 1.82) is 0 Å². The van der Waals surface area contributed by atoms with Gasteiger partial charge in [0.1, 0.15) is 5.75 Å². The topological polar surface area (TPSA) is 18.5 Å². The van der Waals surface area contributed by atoms with Crippen LogP contribution in [0.2, 0.25) is 0 Å². The van der Waals surface area contributed by atoms with Gasteiger partial charge in [-0.25, -0.2) is 0 Å². The smallest absolute Gasteiger partial charge is 0.119 e. The zero-order valence-electron chi connectivity index (χ0n) is 22.5. The van der Waals surface area contributed by atoms with Crippen molar-refractivity contribution in [1.82, 2.24) is 0 Å². The molecule has 2 aromatic carbocycles. The number of benzene rings is 2. The van der Waals surface area contributed by atoms with Crippen LogP contribution in [-0.2, 0) is 15.4 Å². The summed E-state index contributed by atoms with van der Waals surface area (Å²) in [5.74, 6) is 4.71. The lowest BCUT2D eigenvalue weighted by Gasteiger charge is -2.28. The number of methoxy groups -OCH3 is 1. The van der Waals surface area contributed by atoms with Gasteiger partial charge in [-0.3, -0.25) is 0 Å². The highest BCUT2D eigenvalue weighted by atomic mass is 32.2. The van der Waals surface area contributed by atoms with Crippen molar-refractivity contribution in [3.8, 4) is 5.75 Å². The molecule has 2 saturated heterocycles. The van der Waals surface area contributed by atoms with Crippen LogP contribution in [0.15, 0.2) is 66.7 Å². The van der Waals surface area contributed by atoms with Crippen molar-refractivity contribution in [2.45, 2.75) is 78.5 Å². The predicted octanol–water partition coefficient (Wildman–Crippen LogP) is 9.05. The van der Waals surface area contributed by atoms with Gasteiger partial charge in [-0.1, -0.05) is 68.5 Å². The zero-order chi connectivity index (χ0) is 25.9. The van der Waals surface area contributed by atoms with Crippen LogP contribution in [0.4, 0.5) is 0 Å². The van der Waals surface area contributed by atoms with Crippen LogP contribution in [0.1, 0.15) is 57.1 Å². The van der Waals surface area contributed by atoms with E-state index in [2.05, 4.69) is 122 Å². The number of hydrogen-bond donors (Lipinski definition) is 0. The van der Waals surface area contributed by atoms with E-state index in [1.54, 1.807) is 7.11 Å². The average Bonchev–Trinajstić information content (AvgIpc) is 3.31. The van der Waals surface area contributed by atoms with Crippen molar-refractivity contribution in [2.75, 3.05) is 24.4 Å². The van der Waals surface area contributed by atoms with Crippen molar-refractivity contribution in [3.05, 3.63) is 77.9 Å². The molecule has 0 aromatic heterocycles. The second-order valence-corrected chi connectivity index (χ2v) is 16.2. The predicted molar refractivity (Wildman–Crippen MR) is 170 cm³/mol. The summed E-state index contributed by atoms with van der Waals surface area (Å²) in [4.78, 5) is 0. The van der Waals surface area contributed by atoms with E-state index in [0.29, 0.717) is 11.9 Å². The van der Waals surface area contributed by atoms with Crippen LogP contribution >= 0.6 is 47.0 Å². The molecule has 5 atom stereocenters. The fourth-order valence-electron chi connectivity index (χ4n) is 4.85. The molecule has 37 heavy (non-hydrogen) atoms. The maximum atomic E-state index is 6.52. The minimum Gasteiger partial charge on any atom is -0.497 e. The molecule has 0 amide bonds. The summed E-state index contributed by atoms with van der Waals surface area (Å²) >= 11 is 8.51. The van der Waals surface area contributed by atoms with Gasteiger partial charge in [0.05, 0.1) is 23.9 Å². The molecule has 2 aromatic rings. The molecule has 2 fully saturated rings. The van der Waals surface area contributed by atoms with Gasteiger partial charge in [-0.15, -0.1) is 23.5 Å². The first-order valence-corrected chi connectivity index (χ1v) is 17.5. The molecule has 0 aliphatic carbocycles. The van der Waals surface area contributed by atoms with Crippen LogP contribution in [0.25, 0.3) is 0 Å². The number of rotatable bonds is 11. The summed E-state index contributed by atoms with van der Waals surface area (Å²) in [6.07, 6.45) is 10.9. The van der Waals surface area contributed by atoms with Crippen LogP contribution in [-0.4, -0.2) is 46.2 Å². The first kappa shape index (κ1) is 29.3. The molecule has 2 nitrogen and oxygen atoms in total. The van der Waals surface area contributed by atoms with E-state index in [1.807, 2.05) is 6.07 Å². The Kier molecular flexibility index (Phi) is 12.1. The highest BCUT2D eigenvalue weighted by Gasteiger charge is 2.40. The molecule has 2 heterocycles. The number of allylic oxidation sites excluding steroid dienone is 1. The van der Waals surface area contributed by atoms with Crippen LogP contribution in [0.3, 0.4) is 0 Å². The van der Waals surface area contributed by atoms with E-state index in [1.165, 1.54) is 47.6 Å². The SMILES string of the molecule is COc1cccc(C2(C/C=C/C(CCC3CCCSC(C)CS3)OCc3ccccc3)SCC(C)S2)c1. The highest BCUT2D eigenvalue weighted by molar-refractivity contribution is 8.21. The molecule has 0 radical (unpaired) electrons. The Labute approximate surface area is 241 Å². The quantitative estimate of drug-likeness (QED) is 0.247. The molecule has 202 valence electrons. The Morgan fingerprint density at radius 3 is 2.68 bits per heavy atom. The first-order valence-electron chi connectivity index (χ1n) is 13.6. The summed E-state index contributed by atoms with van der Waals surface area (Å²) < 4.78 is 12.1. The molecule has 5 unspecified atom stereocenters. The third-order valence-electron chi connectivity index (χ3n) is 6.91. The third kappa shape index (κ3) is 9.20. The van der Waals surface area contributed by atoms with Gasteiger partial charge in [-0.2, -0.15) is 23.5 Å². The van der Waals surface area contributed by atoms with Gasteiger partial charge < -0.3 is 9.47 Å². The molecule has 0 N–H and O–H groups in total. The first-order chi connectivity index (χ1) is 18.1. The maximum Gasteiger partial charge on any atom is 0.119 e. The van der Waals surface area contributed by atoms with E-state index >= 15 is 0 Å². The molecule has 6 heteroatoms. The zero-order valence-corrected chi connectivity index (χ0v) is 25.7. The lowest BCUT2D eigenvalue weighted by Crippen LogP contribution is -2.18. The van der Waals surface area contributed by atoms with Gasteiger partial charge in [-0.05, 0) is 61.1 Å². The summed E-state index contributed by atoms with van der Waals surface area (Å²) in [7, 11) is 1.76. The Balaban J connectivity index is 1.43. The molecule has 2 aliphatic heterocycles. The Hall–Kier alpha value is -0.660. The summed E-state index contributed by atoms with van der Waals surface area (Å²) in [6.45, 7) is 5.40. The Bertz CT molecular complexity index is 969. The molecule has 0 spiro atoms. The minimum absolute atomic E-state index is 0.0393. The van der Waals surface area contributed by atoms with E-state index in [0.717, 1.165) is 29.1 Å². The van der Waals surface area contributed by atoms with Crippen LogP contribution in [0, 0.1) is 0 Å². The maximum absolute atomic E-state index is 6.52. The Morgan fingerprint density at radius 2 is 1.89 bits per heavy atom. The van der Waals surface area contributed by atoms with E-state index in [4.69, 9.17) is 9.47 Å². The van der Waals surface area contributed by atoms with E-state index in [9.17, 15) is 0 Å². The molecule has 0 saturated carbocycles. The second-order valence-electron chi connectivity index (χ2n) is 10.0. The van der Waals surface area contributed by atoms with Gasteiger partial charge in [0, 0.05) is 27.3 Å². The van der Waals surface area contributed by atoms with Crippen LogP contribution < -0.4 is 4.74 Å². The molecule has 4 rings (SSSR count). The summed E-state index contributed by atoms with van der Waals surface area (Å²) in [6, 6.07) is 19.3. The largest absolute Gasteiger partial charge is 0.497 e. The van der Waals surface area contributed by atoms with Gasteiger partial charge in [0.2, 0.25) is 0 Å². The number of ether oxygens (including phenoxy) is 2. The monoisotopic (exact) mass is 574 g/mol. The fourth-order valence-corrected chi connectivity index (χ4v) is 10.9. The lowest BCUT2D eigenvalue weighted by atomic mass is 10.1. The summed E-state index contributed by atoms with van der Waals surface area (Å²) in [5, 5.41) is 2.17. The van der Waals surface area contributed by atoms with Crippen molar-refractivity contribution in [2.24, 2.45) is 0 Å². The summed E-state index contributed by atoms with van der Waals surface area (Å²) in [5.41, 5.74) is 2.60. The van der Waals surface area contributed by atoms with Gasteiger partial charge in [0.15, 0.2) is 0 Å². The molecule has 2 aliphatic rings. The Morgan fingerprint density at radius 1 is 1.03 bits per heavy atom. The third-order valence-corrected chi connectivity index (χ3v) is 13.8. The average molecular weight is 575 g/mol. The second kappa shape index (κ2) is 15.2. The van der Waals surface area contributed by atoms with E-state index < -0.39 is 0 Å². The van der Waals surface area contributed by atoms with Crippen molar-refractivity contribution < 1.29 is 9.47 Å². The normalized spacial score (nSPS) is 27.6. The van der Waals surface area contributed by atoms with Gasteiger partial charge in [0.25, 0.3) is 0 Å². The lowest BCUT2D eigenvalue weighted by molar-refractivity contribution is 0.0648. The highest BCUT2D eigenvalue weighted by Crippen LogP contribution is 2.57. The molecular formula is C31H42O2S4. The number of hydrogen-bond acceptors (Lipinski definition) is 6. The van der Waals surface area contributed by atoms with Gasteiger partial charge >= 0.3 is 0 Å². The number of thioether (sulfide) groups is 4. The van der Waals surface area contributed by atoms with Crippen LogP contribution in [0.5, 0.6) is 5.75 Å². The van der Waals surface area contributed by atoms with E-state index in [-0.39, 0.29) is 10.2 Å². The minimum atomic E-state index is 0.0393.